The highest BCUT2D eigenvalue weighted by Crippen LogP contribution is 2.22. The van der Waals surface area contributed by atoms with Gasteiger partial charge >= 0.3 is 0 Å². The van der Waals surface area contributed by atoms with E-state index >= 15 is 0 Å². The van der Waals surface area contributed by atoms with Crippen molar-refractivity contribution in [2.75, 3.05) is 31.1 Å². The number of rotatable bonds is 2. The lowest BCUT2D eigenvalue weighted by Crippen LogP contribution is -2.28. The minimum absolute atomic E-state index is 0.673. The zero-order valence-electron chi connectivity index (χ0n) is 11.3. The van der Waals surface area contributed by atoms with Crippen LogP contribution in [0.15, 0.2) is 30.3 Å². The summed E-state index contributed by atoms with van der Waals surface area (Å²) in [5, 5.41) is 19.7. The van der Waals surface area contributed by atoms with Crippen LogP contribution in [0.5, 0.6) is 0 Å². The quantitative estimate of drug-likeness (QED) is 0.870. The third kappa shape index (κ3) is 2.65. The van der Waals surface area contributed by atoms with Crippen molar-refractivity contribution in [3.63, 3.8) is 0 Å². The maximum absolute atomic E-state index is 8.82. The van der Waals surface area contributed by atoms with E-state index in [2.05, 4.69) is 32.5 Å². The molecule has 1 aromatic heterocycles. The summed E-state index contributed by atoms with van der Waals surface area (Å²) in [5.41, 5.74) is 2.71. The Morgan fingerprint density at radius 3 is 2.80 bits per heavy atom. The van der Waals surface area contributed by atoms with Crippen molar-refractivity contribution < 1.29 is 0 Å². The van der Waals surface area contributed by atoms with E-state index in [4.69, 9.17) is 5.26 Å². The lowest BCUT2D eigenvalue weighted by Gasteiger charge is -2.18. The van der Waals surface area contributed by atoms with Crippen LogP contribution < -0.4 is 10.2 Å². The Balaban J connectivity index is 1.80. The highest BCUT2D eigenvalue weighted by Gasteiger charge is 2.13. The Morgan fingerprint density at radius 1 is 1.15 bits per heavy atom. The summed E-state index contributed by atoms with van der Waals surface area (Å²) in [5.74, 6) is 0.994. The fourth-order valence-electron chi connectivity index (χ4n) is 2.42. The Hall–Kier alpha value is -2.32. The second-order valence-electron chi connectivity index (χ2n) is 4.92. The molecule has 0 radical (unpaired) electrons. The average Bonchev–Trinajstić information content (AvgIpc) is 2.83. The van der Waals surface area contributed by atoms with E-state index in [9.17, 15) is 0 Å². The molecule has 2 aromatic rings. The van der Waals surface area contributed by atoms with Crippen LogP contribution >= 0.6 is 0 Å². The van der Waals surface area contributed by atoms with E-state index in [0.29, 0.717) is 5.56 Å². The van der Waals surface area contributed by atoms with Gasteiger partial charge in [0.25, 0.3) is 0 Å². The van der Waals surface area contributed by atoms with Crippen molar-refractivity contribution >= 4 is 5.82 Å². The Morgan fingerprint density at radius 2 is 2.00 bits per heavy atom. The fourth-order valence-corrected chi connectivity index (χ4v) is 2.42. The summed E-state index contributed by atoms with van der Waals surface area (Å²) in [6.07, 6.45) is 1.14. The second-order valence-corrected chi connectivity index (χ2v) is 4.92. The molecular formula is C15H17N5. The first-order valence-electron chi connectivity index (χ1n) is 6.88. The summed E-state index contributed by atoms with van der Waals surface area (Å²) in [6, 6.07) is 11.7. The molecule has 1 aliphatic rings. The molecule has 3 rings (SSSR count). The number of nitriles is 1. The molecule has 0 saturated carbocycles. The van der Waals surface area contributed by atoms with Crippen LogP contribution in [0, 0.1) is 11.3 Å². The number of hydrogen-bond donors (Lipinski definition) is 2. The topological polar surface area (TPSA) is 67.7 Å². The van der Waals surface area contributed by atoms with Gasteiger partial charge in [0.15, 0.2) is 5.82 Å². The van der Waals surface area contributed by atoms with Crippen molar-refractivity contribution in [3.05, 3.63) is 35.9 Å². The standard InChI is InChI=1S/C15H17N5/c16-11-12-2-4-13(5-3-12)14-10-15(19-18-14)20-8-1-6-17-7-9-20/h2-5,10,17H,1,6-9H2,(H,18,19). The number of aromatic amines is 1. The normalized spacial score (nSPS) is 15.7. The van der Waals surface area contributed by atoms with Crippen molar-refractivity contribution in [3.8, 4) is 17.3 Å². The zero-order valence-corrected chi connectivity index (χ0v) is 11.3. The lowest BCUT2D eigenvalue weighted by molar-refractivity contribution is 0.724. The molecule has 1 fully saturated rings. The molecule has 5 nitrogen and oxygen atoms in total. The molecular weight excluding hydrogens is 250 g/mol. The molecule has 2 N–H and O–H groups in total. The van der Waals surface area contributed by atoms with Crippen LogP contribution in [0.3, 0.4) is 0 Å². The van der Waals surface area contributed by atoms with Crippen molar-refractivity contribution in [2.45, 2.75) is 6.42 Å². The monoisotopic (exact) mass is 267 g/mol. The molecule has 0 aliphatic carbocycles. The summed E-state index contributed by atoms with van der Waals surface area (Å²) in [4.78, 5) is 2.30. The predicted octanol–water partition coefficient (Wildman–Crippen LogP) is 1.75. The summed E-state index contributed by atoms with van der Waals surface area (Å²) in [7, 11) is 0. The van der Waals surface area contributed by atoms with E-state index in [0.717, 1.165) is 49.7 Å². The van der Waals surface area contributed by atoms with Crippen LogP contribution in [0.25, 0.3) is 11.3 Å². The van der Waals surface area contributed by atoms with Gasteiger partial charge in [-0.05, 0) is 30.7 Å². The van der Waals surface area contributed by atoms with Crippen molar-refractivity contribution in [1.29, 1.82) is 5.26 Å². The number of nitrogens with one attached hydrogen (secondary N) is 2. The first kappa shape index (κ1) is 12.7. The van der Waals surface area contributed by atoms with Gasteiger partial charge in [0.05, 0.1) is 17.3 Å². The van der Waals surface area contributed by atoms with Crippen LogP contribution in [0.2, 0.25) is 0 Å². The van der Waals surface area contributed by atoms with Gasteiger partial charge in [0.1, 0.15) is 0 Å². The molecule has 0 atom stereocenters. The highest BCUT2D eigenvalue weighted by molar-refractivity contribution is 5.64. The van der Waals surface area contributed by atoms with Gasteiger partial charge in [0, 0.05) is 25.7 Å². The van der Waals surface area contributed by atoms with Crippen LogP contribution in [-0.4, -0.2) is 36.4 Å². The van der Waals surface area contributed by atoms with E-state index in [1.807, 2.05) is 24.3 Å². The van der Waals surface area contributed by atoms with Crippen molar-refractivity contribution in [1.82, 2.24) is 15.5 Å². The molecule has 2 heterocycles. The maximum Gasteiger partial charge on any atom is 0.151 e. The number of benzene rings is 1. The molecule has 1 saturated heterocycles. The molecule has 5 heteroatoms. The molecule has 0 bridgehead atoms. The highest BCUT2D eigenvalue weighted by atomic mass is 15.3. The predicted molar refractivity (Wildman–Crippen MR) is 78.4 cm³/mol. The number of nitrogens with zero attached hydrogens (tertiary/aromatic N) is 3. The van der Waals surface area contributed by atoms with Gasteiger partial charge in [-0.25, -0.2) is 0 Å². The van der Waals surface area contributed by atoms with Crippen molar-refractivity contribution in [2.24, 2.45) is 0 Å². The average molecular weight is 267 g/mol. The van der Waals surface area contributed by atoms with E-state index < -0.39 is 0 Å². The Kier molecular flexibility index (Phi) is 3.66. The third-order valence-corrected chi connectivity index (χ3v) is 3.55. The number of H-pyrrole nitrogens is 1. The number of aromatic nitrogens is 2. The van der Waals surface area contributed by atoms with Gasteiger partial charge in [-0.2, -0.15) is 10.4 Å². The van der Waals surface area contributed by atoms with Gasteiger partial charge in [-0.3, -0.25) is 5.10 Å². The maximum atomic E-state index is 8.82. The number of anilines is 1. The molecule has 102 valence electrons. The van der Waals surface area contributed by atoms with Crippen LogP contribution in [-0.2, 0) is 0 Å². The van der Waals surface area contributed by atoms with Crippen LogP contribution in [0.1, 0.15) is 12.0 Å². The van der Waals surface area contributed by atoms with Gasteiger partial charge in [0.2, 0.25) is 0 Å². The van der Waals surface area contributed by atoms with Gasteiger partial charge in [-0.15, -0.1) is 0 Å². The summed E-state index contributed by atoms with van der Waals surface area (Å²) in [6.45, 7) is 4.09. The smallest absolute Gasteiger partial charge is 0.151 e. The molecule has 20 heavy (non-hydrogen) atoms. The SMILES string of the molecule is N#Cc1ccc(-c2cc(N3CCCNCC3)n[nH]2)cc1. The van der Waals surface area contributed by atoms with E-state index in [-0.39, 0.29) is 0 Å². The fraction of sp³-hybridized carbons (Fsp3) is 0.333. The molecule has 0 amide bonds. The molecule has 0 unspecified atom stereocenters. The molecule has 1 aliphatic heterocycles. The summed E-state index contributed by atoms with van der Waals surface area (Å²) >= 11 is 0. The largest absolute Gasteiger partial charge is 0.354 e. The zero-order chi connectivity index (χ0) is 13.8. The van der Waals surface area contributed by atoms with E-state index in [1.54, 1.807) is 0 Å². The first-order valence-corrected chi connectivity index (χ1v) is 6.88. The Labute approximate surface area is 118 Å². The first-order chi connectivity index (χ1) is 9.86. The minimum Gasteiger partial charge on any atom is -0.354 e. The van der Waals surface area contributed by atoms with E-state index in [1.165, 1.54) is 0 Å². The van der Waals surface area contributed by atoms with Gasteiger partial charge < -0.3 is 10.2 Å². The Bertz CT molecular complexity index is 600. The minimum atomic E-state index is 0.673. The lowest BCUT2D eigenvalue weighted by atomic mass is 10.1. The number of hydrogen-bond acceptors (Lipinski definition) is 4. The molecule has 0 spiro atoms. The third-order valence-electron chi connectivity index (χ3n) is 3.55. The second kappa shape index (κ2) is 5.76. The van der Waals surface area contributed by atoms with Gasteiger partial charge in [-0.1, -0.05) is 12.1 Å². The summed E-state index contributed by atoms with van der Waals surface area (Å²) < 4.78 is 0. The molecule has 1 aromatic carbocycles. The van der Waals surface area contributed by atoms with Crippen LogP contribution in [0.4, 0.5) is 5.82 Å².